The second-order valence-corrected chi connectivity index (χ2v) is 7.06. The SMILES string of the molecule is CCCC1(C2(CCSc3ccccc3)CC2)OCCO1. The van der Waals surface area contributed by atoms with Crippen LogP contribution in [0.5, 0.6) is 0 Å². The van der Waals surface area contributed by atoms with Crippen molar-refractivity contribution in [1.82, 2.24) is 0 Å². The van der Waals surface area contributed by atoms with Crippen molar-refractivity contribution >= 4 is 11.8 Å². The number of ether oxygens (including phenoxy) is 2. The third kappa shape index (κ3) is 2.76. The van der Waals surface area contributed by atoms with E-state index in [1.165, 1.54) is 24.2 Å². The molecular weight excluding hydrogens is 268 g/mol. The average molecular weight is 292 g/mol. The van der Waals surface area contributed by atoms with Gasteiger partial charge in [-0.25, -0.2) is 0 Å². The summed E-state index contributed by atoms with van der Waals surface area (Å²) >= 11 is 1.95. The van der Waals surface area contributed by atoms with Gasteiger partial charge in [-0.05, 0) is 37.1 Å². The maximum atomic E-state index is 6.08. The van der Waals surface area contributed by atoms with Gasteiger partial charge in [0.1, 0.15) is 0 Å². The Morgan fingerprint density at radius 2 is 1.75 bits per heavy atom. The molecule has 0 bridgehead atoms. The lowest BCUT2D eigenvalue weighted by Gasteiger charge is -2.36. The molecule has 3 rings (SSSR count). The maximum Gasteiger partial charge on any atom is 0.174 e. The molecule has 0 spiro atoms. The lowest BCUT2D eigenvalue weighted by molar-refractivity contribution is -0.211. The first kappa shape index (κ1) is 14.4. The van der Waals surface area contributed by atoms with Crippen LogP contribution >= 0.6 is 11.8 Å². The molecule has 0 radical (unpaired) electrons. The minimum absolute atomic E-state index is 0.265. The van der Waals surface area contributed by atoms with Crippen LogP contribution in [-0.2, 0) is 9.47 Å². The van der Waals surface area contributed by atoms with Crippen LogP contribution in [0.3, 0.4) is 0 Å². The number of benzene rings is 1. The second-order valence-electron chi connectivity index (χ2n) is 5.89. The molecule has 0 unspecified atom stereocenters. The summed E-state index contributed by atoms with van der Waals surface area (Å²) in [6.45, 7) is 3.77. The van der Waals surface area contributed by atoms with Gasteiger partial charge in [0.25, 0.3) is 0 Å². The quantitative estimate of drug-likeness (QED) is 0.690. The summed E-state index contributed by atoms with van der Waals surface area (Å²) in [5.74, 6) is 0.890. The van der Waals surface area contributed by atoms with Crippen LogP contribution in [0, 0.1) is 5.41 Å². The normalized spacial score (nSPS) is 22.9. The third-order valence-corrected chi connectivity index (χ3v) is 5.60. The van der Waals surface area contributed by atoms with Crippen molar-refractivity contribution < 1.29 is 9.47 Å². The first-order valence-electron chi connectivity index (χ1n) is 7.76. The van der Waals surface area contributed by atoms with Gasteiger partial charge in [-0.3, -0.25) is 0 Å². The Morgan fingerprint density at radius 1 is 1.05 bits per heavy atom. The molecule has 1 heterocycles. The predicted molar refractivity (Wildman–Crippen MR) is 83.0 cm³/mol. The highest BCUT2D eigenvalue weighted by molar-refractivity contribution is 7.99. The fraction of sp³-hybridized carbons (Fsp3) is 0.647. The van der Waals surface area contributed by atoms with E-state index in [0.717, 1.165) is 31.8 Å². The van der Waals surface area contributed by atoms with Gasteiger partial charge < -0.3 is 9.47 Å². The number of thioether (sulfide) groups is 1. The van der Waals surface area contributed by atoms with Crippen LogP contribution in [-0.4, -0.2) is 24.8 Å². The van der Waals surface area contributed by atoms with Crippen molar-refractivity contribution in [2.24, 2.45) is 5.41 Å². The summed E-state index contributed by atoms with van der Waals surface area (Å²) in [4.78, 5) is 1.36. The van der Waals surface area contributed by atoms with Gasteiger partial charge in [0.2, 0.25) is 0 Å². The lowest BCUT2D eigenvalue weighted by atomic mass is 9.88. The molecule has 1 aromatic carbocycles. The van der Waals surface area contributed by atoms with Crippen LogP contribution in [0.2, 0.25) is 0 Å². The van der Waals surface area contributed by atoms with E-state index in [1.54, 1.807) is 0 Å². The van der Waals surface area contributed by atoms with Crippen molar-refractivity contribution in [1.29, 1.82) is 0 Å². The molecule has 0 atom stereocenters. The molecule has 0 aromatic heterocycles. The Bertz CT molecular complexity index is 422. The smallest absolute Gasteiger partial charge is 0.174 e. The number of rotatable bonds is 7. The fourth-order valence-corrected chi connectivity index (χ4v) is 4.43. The van der Waals surface area contributed by atoms with E-state index in [4.69, 9.17) is 9.47 Å². The zero-order valence-corrected chi connectivity index (χ0v) is 13.1. The Hall–Kier alpha value is -0.510. The van der Waals surface area contributed by atoms with Crippen LogP contribution < -0.4 is 0 Å². The molecule has 2 aliphatic rings. The van der Waals surface area contributed by atoms with Crippen molar-refractivity contribution in [3.05, 3.63) is 30.3 Å². The molecule has 3 heteroatoms. The predicted octanol–water partition coefficient (Wildman–Crippen LogP) is 4.49. The van der Waals surface area contributed by atoms with Gasteiger partial charge in [0.15, 0.2) is 5.79 Å². The Morgan fingerprint density at radius 3 is 2.35 bits per heavy atom. The fourth-order valence-electron chi connectivity index (χ4n) is 3.35. The third-order valence-electron chi connectivity index (χ3n) is 4.59. The van der Waals surface area contributed by atoms with Gasteiger partial charge in [0.05, 0.1) is 13.2 Å². The van der Waals surface area contributed by atoms with Gasteiger partial charge >= 0.3 is 0 Å². The Balaban J connectivity index is 1.58. The summed E-state index contributed by atoms with van der Waals surface area (Å²) in [5.41, 5.74) is 0.293. The summed E-state index contributed by atoms with van der Waals surface area (Å²) < 4.78 is 12.2. The van der Waals surface area contributed by atoms with Crippen molar-refractivity contribution in [2.45, 2.75) is 49.7 Å². The van der Waals surface area contributed by atoms with Gasteiger partial charge in [-0.1, -0.05) is 31.5 Å². The average Bonchev–Trinajstić information content (AvgIpc) is 3.12. The second kappa shape index (κ2) is 6.08. The van der Waals surface area contributed by atoms with Crippen LogP contribution in [0.1, 0.15) is 39.0 Å². The Labute approximate surface area is 126 Å². The van der Waals surface area contributed by atoms with E-state index in [9.17, 15) is 0 Å². The van der Waals surface area contributed by atoms with Gasteiger partial charge in [0, 0.05) is 16.7 Å². The van der Waals surface area contributed by atoms with E-state index in [0.29, 0.717) is 5.41 Å². The minimum atomic E-state index is -0.265. The van der Waals surface area contributed by atoms with Crippen molar-refractivity contribution in [3.8, 4) is 0 Å². The first-order valence-corrected chi connectivity index (χ1v) is 8.75. The van der Waals surface area contributed by atoms with E-state index < -0.39 is 0 Å². The highest BCUT2D eigenvalue weighted by atomic mass is 32.2. The van der Waals surface area contributed by atoms with Crippen LogP contribution in [0.25, 0.3) is 0 Å². The monoisotopic (exact) mass is 292 g/mol. The highest BCUT2D eigenvalue weighted by Crippen LogP contribution is 2.61. The molecule has 0 amide bonds. The molecule has 1 saturated heterocycles. The minimum Gasteiger partial charge on any atom is -0.347 e. The first-order chi connectivity index (χ1) is 9.80. The summed E-state index contributed by atoms with van der Waals surface area (Å²) in [6.07, 6.45) is 5.91. The van der Waals surface area contributed by atoms with Crippen molar-refractivity contribution in [3.63, 3.8) is 0 Å². The molecule has 2 nitrogen and oxygen atoms in total. The summed E-state index contributed by atoms with van der Waals surface area (Å²) in [5, 5.41) is 0. The molecule has 0 N–H and O–H groups in total. The highest BCUT2D eigenvalue weighted by Gasteiger charge is 2.61. The molecule has 1 saturated carbocycles. The summed E-state index contributed by atoms with van der Waals surface area (Å²) in [6, 6.07) is 10.7. The molecule has 1 aliphatic heterocycles. The van der Waals surface area contributed by atoms with Gasteiger partial charge in [-0.15, -0.1) is 11.8 Å². The van der Waals surface area contributed by atoms with Crippen LogP contribution in [0.4, 0.5) is 0 Å². The topological polar surface area (TPSA) is 18.5 Å². The van der Waals surface area contributed by atoms with Gasteiger partial charge in [-0.2, -0.15) is 0 Å². The zero-order chi connectivity index (χ0) is 13.9. The lowest BCUT2D eigenvalue weighted by Crippen LogP contribution is -2.41. The summed E-state index contributed by atoms with van der Waals surface area (Å²) in [7, 11) is 0. The van der Waals surface area contributed by atoms with E-state index in [-0.39, 0.29) is 5.79 Å². The standard InChI is InChI=1S/C17H24O2S/c1-2-8-17(18-12-13-19-17)16(9-10-16)11-14-20-15-6-4-3-5-7-15/h3-7H,2,8-14H2,1H3. The van der Waals surface area contributed by atoms with E-state index >= 15 is 0 Å². The van der Waals surface area contributed by atoms with E-state index in [1.807, 2.05) is 11.8 Å². The molecule has 2 fully saturated rings. The van der Waals surface area contributed by atoms with Crippen LogP contribution in [0.15, 0.2) is 35.2 Å². The number of hydrogen-bond acceptors (Lipinski definition) is 3. The molecule has 1 aliphatic carbocycles. The molecule has 1 aromatic rings. The number of hydrogen-bond donors (Lipinski definition) is 0. The largest absolute Gasteiger partial charge is 0.347 e. The zero-order valence-electron chi connectivity index (χ0n) is 12.3. The van der Waals surface area contributed by atoms with Crippen molar-refractivity contribution in [2.75, 3.05) is 19.0 Å². The van der Waals surface area contributed by atoms with E-state index in [2.05, 4.69) is 37.3 Å². The Kier molecular flexibility index (Phi) is 4.39. The maximum absolute atomic E-state index is 6.08. The molecular formula is C17H24O2S. The molecule has 20 heavy (non-hydrogen) atoms. The molecule has 110 valence electrons.